The molecule has 1 fully saturated rings. The van der Waals surface area contributed by atoms with Crippen molar-refractivity contribution in [1.82, 2.24) is 0 Å². The van der Waals surface area contributed by atoms with Gasteiger partial charge in [0, 0.05) is 6.07 Å². The lowest BCUT2D eigenvalue weighted by Gasteiger charge is -2.39. The number of nitrogens with zero attached hydrogens (tertiary/aromatic N) is 1. The van der Waals surface area contributed by atoms with Crippen LogP contribution in [0.4, 0.5) is 28.9 Å². The van der Waals surface area contributed by atoms with Gasteiger partial charge in [-0.15, -0.1) is 0 Å². The zero-order valence-corrected chi connectivity index (χ0v) is 14.0. The molecule has 2 aromatic rings. The lowest BCUT2D eigenvalue weighted by atomic mass is 10.0. The summed E-state index contributed by atoms with van der Waals surface area (Å²) < 4.78 is 62.4. The van der Waals surface area contributed by atoms with Gasteiger partial charge in [-0.05, 0) is 30.3 Å². The van der Waals surface area contributed by atoms with Crippen LogP contribution in [-0.2, 0) is 10.9 Å². The molecule has 2 heterocycles. The highest BCUT2D eigenvalue weighted by Gasteiger charge is 2.39. The number of ether oxygens (including phenoxy) is 2. The van der Waals surface area contributed by atoms with Gasteiger partial charge in [-0.1, -0.05) is 0 Å². The van der Waals surface area contributed by atoms with Crippen LogP contribution in [0.15, 0.2) is 36.4 Å². The molecule has 2 aliphatic heterocycles. The van der Waals surface area contributed by atoms with Gasteiger partial charge < -0.3 is 24.8 Å². The Morgan fingerprint density at radius 1 is 1.19 bits per heavy atom. The number of β-amino-alcohol motifs (C(OH)–C–C–N with tert-alkyl or cyclic N) is 1. The summed E-state index contributed by atoms with van der Waals surface area (Å²) in [5.74, 6) is -1.12. The lowest BCUT2D eigenvalue weighted by Crippen LogP contribution is -2.57. The minimum absolute atomic E-state index is 0.256. The summed E-state index contributed by atoms with van der Waals surface area (Å²) in [5, 5.41) is 13.4. The predicted molar refractivity (Wildman–Crippen MR) is 89.5 cm³/mol. The first-order valence-electron chi connectivity index (χ1n) is 8.21. The highest BCUT2D eigenvalue weighted by atomic mass is 19.4. The number of fused-ring (bicyclic) bond motifs is 1. The molecule has 2 aromatic carbocycles. The Labute approximate surface area is 152 Å². The minimum Gasteiger partial charge on any atom is -0.454 e. The van der Waals surface area contributed by atoms with Crippen LogP contribution in [0.2, 0.25) is 0 Å². The lowest BCUT2D eigenvalue weighted by molar-refractivity contribution is -0.171. The molecule has 2 N–H and O–H groups in total. The Bertz CT molecular complexity index is 868. The van der Waals surface area contributed by atoms with Crippen LogP contribution in [0, 0.1) is 5.82 Å². The Kier molecular flexibility index (Phi) is 4.15. The molecule has 0 amide bonds. The predicted octanol–water partition coefficient (Wildman–Crippen LogP) is 3.59. The van der Waals surface area contributed by atoms with Gasteiger partial charge >= 0.3 is 6.18 Å². The number of nitrogens with one attached hydrogen (secondary N) is 1. The van der Waals surface area contributed by atoms with Crippen molar-refractivity contribution in [2.24, 2.45) is 0 Å². The monoisotopic (exact) mass is 384 g/mol. The normalized spacial score (nSPS) is 17.9. The highest BCUT2D eigenvalue weighted by Crippen LogP contribution is 2.38. The Balaban J connectivity index is 1.54. The molecule has 5 nitrogen and oxygen atoms in total. The van der Waals surface area contributed by atoms with Gasteiger partial charge in [0.15, 0.2) is 11.6 Å². The summed E-state index contributed by atoms with van der Waals surface area (Å²) in [6.45, 7) is 1.35. The van der Waals surface area contributed by atoms with Gasteiger partial charge in [-0.3, -0.25) is 0 Å². The maximum atomic E-state index is 14.0. The topological polar surface area (TPSA) is 54.0 Å². The van der Waals surface area contributed by atoms with Crippen LogP contribution in [0.5, 0.6) is 11.5 Å². The molecule has 0 unspecified atom stereocenters. The third-order valence-corrected chi connectivity index (χ3v) is 4.48. The second-order valence-electron chi connectivity index (χ2n) is 6.67. The molecule has 0 atom stereocenters. The average Bonchev–Trinajstić information content (AvgIpc) is 2.96. The van der Waals surface area contributed by atoms with Crippen molar-refractivity contribution in [3.8, 4) is 11.5 Å². The van der Waals surface area contributed by atoms with Crippen LogP contribution < -0.4 is 15.0 Å². The Hall–Kier alpha value is -2.52. The number of alkyl halides is 3. The fourth-order valence-corrected chi connectivity index (χ4v) is 3.06. The quantitative estimate of drug-likeness (QED) is 0.790. The fourth-order valence-electron chi connectivity index (χ4n) is 3.06. The summed E-state index contributed by atoms with van der Waals surface area (Å²) in [5.41, 5.74) is -0.425. The van der Waals surface area contributed by atoms with E-state index >= 15 is 0 Å². The van der Waals surface area contributed by atoms with E-state index in [9.17, 15) is 22.7 Å². The van der Waals surface area contributed by atoms with Gasteiger partial charge in [-0.2, -0.15) is 13.2 Å². The van der Waals surface area contributed by atoms with Gasteiger partial charge in [-0.25, -0.2) is 4.39 Å². The smallest absolute Gasteiger partial charge is 0.416 e. The summed E-state index contributed by atoms with van der Waals surface area (Å²) in [6, 6.07) is 7.10. The van der Waals surface area contributed by atoms with Crippen LogP contribution >= 0.6 is 0 Å². The van der Waals surface area contributed by atoms with E-state index in [0.717, 1.165) is 23.5 Å². The van der Waals surface area contributed by atoms with E-state index in [-0.39, 0.29) is 24.7 Å². The van der Waals surface area contributed by atoms with Crippen molar-refractivity contribution in [1.29, 1.82) is 0 Å². The standard InChI is InChI=1S/C18H16F4N2O3/c19-13-5-11(18(20,21)22)1-4-16(13)27-12-2-3-14-15(6-12)24(10-23-14)7-17(25)8-26-9-17/h1-6,23,25H,7-10H2. The van der Waals surface area contributed by atoms with Crippen molar-refractivity contribution in [3.63, 3.8) is 0 Å². The van der Waals surface area contributed by atoms with Gasteiger partial charge in [0.2, 0.25) is 0 Å². The summed E-state index contributed by atoms with van der Waals surface area (Å²) >= 11 is 0. The zero-order chi connectivity index (χ0) is 19.2. The highest BCUT2D eigenvalue weighted by molar-refractivity contribution is 5.76. The van der Waals surface area contributed by atoms with E-state index in [1.54, 1.807) is 18.2 Å². The zero-order valence-electron chi connectivity index (χ0n) is 14.0. The molecule has 27 heavy (non-hydrogen) atoms. The number of anilines is 2. The number of hydrogen-bond acceptors (Lipinski definition) is 5. The van der Waals surface area contributed by atoms with E-state index < -0.39 is 23.2 Å². The molecule has 9 heteroatoms. The second kappa shape index (κ2) is 6.28. The molecule has 0 bridgehead atoms. The second-order valence-corrected chi connectivity index (χ2v) is 6.67. The van der Waals surface area contributed by atoms with Crippen molar-refractivity contribution >= 4 is 11.4 Å². The van der Waals surface area contributed by atoms with Gasteiger partial charge in [0.1, 0.15) is 11.4 Å². The first kappa shape index (κ1) is 17.9. The third-order valence-electron chi connectivity index (χ3n) is 4.48. The molecular formula is C18H16F4N2O3. The molecule has 0 radical (unpaired) electrons. The van der Waals surface area contributed by atoms with Crippen molar-refractivity contribution in [2.75, 3.05) is 36.6 Å². The van der Waals surface area contributed by atoms with Gasteiger partial charge in [0.05, 0.1) is 43.4 Å². The molecule has 1 saturated heterocycles. The molecule has 144 valence electrons. The molecule has 0 saturated carbocycles. The molecule has 0 aliphatic carbocycles. The summed E-state index contributed by atoms with van der Waals surface area (Å²) in [6.07, 6.45) is -4.62. The SMILES string of the molecule is OC1(CN2CNc3ccc(Oc4ccc(C(F)(F)F)cc4F)cc32)COC1. The van der Waals surface area contributed by atoms with Crippen molar-refractivity contribution in [2.45, 2.75) is 11.8 Å². The summed E-state index contributed by atoms with van der Waals surface area (Å²) in [4.78, 5) is 1.90. The third kappa shape index (κ3) is 3.52. The largest absolute Gasteiger partial charge is 0.454 e. The molecule has 0 aromatic heterocycles. The number of benzene rings is 2. The molecule has 2 aliphatic rings. The number of halogens is 4. The first-order valence-corrected chi connectivity index (χ1v) is 8.21. The van der Waals surface area contributed by atoms with Crippen LogP contribution in [0.25, 0.3) is 0 Å². The van der Waals surface area contributed by atoms with Crippen molar-refractivity contribution in [3.05, 3.63) is 47.8 Å². The average molecular weight is 384 g/mol. The maximum absolute atomic E-state index is 14.0. The van der Waals surface area contributed by atoms with Crippen molar-refractivity contribution < 1.29 is 32.1 Å². The summed E-state index contributed by atoms with van der Waals surface area (Å²) in [7, 11) is 0. The minimum atomic E-state index is -4.62. The van der Waals surface area contributed by atoms with E-state index in [0.29, 0.717) is 19.3 Å². The molecule has 0 spiro atoms. The van der Waals surface area contributed by atoms with Crippen LogP contribution in [0.1, 0.15) is 5.56 Å². The van der Waals surface area contributed by atoms with E-state index in [2.05, 4.69) is 5.32 Å². The Morgan fingerprint density at radius 3 is 2.59 bits per heavy atom. The van der Waals surface area contributed by atoms with Crippen LogP contribution in [-0.4, -0.2) is 37.1 Å². The number of aliphatic hydroxyl groups is 1. The number of rotatable bonds is 4. The van der Waals surface area contributed by atoms with E-state index in [1.165, 1.54) is 0 Å². The Morgan fingerprint density at radius 2 is 1.96 bits per heavy atom. The molecular weight excluding hydrogens is 368 g/mol. The van der Waals surface area contributed by atoms with E-state index in [1.807, 2.05) is 4.90 Å². The van der Waals surface area contributed by atoms with Gasteiger partial charge in [0.25, 0.3) is 0 Å². The first-order chi connectivity index (χ1) is 12.7. The van der Waals surface area contributed by atoms with Crippen LogP contribution in [0.3, 0.4) is 0 Å². The van der Waals surface area contributed by atoms with E-state index in [4.69, 9.17) is 9.47 Å². The number of hydrogen-bond donors (Lipinski definition) is 2. The maximum Gasteiger partial charge on any atom is 0.416 e. The fraction of sp³-hybridized carbons (Fsp3) is 0.333. The molecule has 4 rings (SSSR count).